The number of carbonyl (C=O) groups is 1. The van der Waals surface area contributed by atoms with E-state index in [2.05, 4.69) is 42.2 Å². The quantitative estimate of drug-likeness (QED) is 0.692. The summed E-state index contributed by atoms with van der Waals surface area (Å²) in [5.41, 5.74) is 1.41. The van der Waals surface area contributed by atoms with Crippen molar-refractivity contribution >= 4 is 48.7 Å². The monoisotopic (exact) mass is 416 g/mol. The topological polar surface area (TPSA) is 65.1 Å². The molecule has 0 fully saturated rings. The Morgan fingerprint density at radius 1 is 1.33 bits per heavy atom. The summed E-state index contributed by atoms with van der Waals surface area (Å²) in [7, 11) is 0. The molecule has 0 aliphatic heterocycles. The molecule has 0 aliphatic rings. The highest BCUT2D eigenvalue weighted by molar-refractivity contribution is 9.13. The van der Waals surface area contributed by atoms with E-state index in [1.165, 1.54) is 0 Å². The van der Waals surface area contributed by atoms with Crippen LogP contribution in [0, 0.1) is 5.41 Å². The van der Waals surface area contributed by atoms with Crippen LogP contribution in [0.2, 0.25) is 0 Å². The fourth-order valence-corrected chi connectivity index (χ4v) is 2.80. The van der Waals surface area contributed by atoms with E-state index >= 15 is 0 Å². The summed E-state index contributed by atoms with van der Waals surface area (Å²) < 4.78 is 1.84. The number of halogens is 2. The third-order valence-electron chi connectivity index (χ3n) is 3.48. The molecule has 2 rings (SSSR count). The van der Waals surface area contributed by atoms with Gasteiger partial charge in [-0.2, -0.15) is 0 Å². The SMILES string of the molecule is CC(C)(CCO)CNC(=O)c1c[nH]c2cc(Br)c(Br)cc12. The Labute approximate surface area is 140 Å². The van der Waals surface area contributed by atoms with Crippen molar-refractivity contribution in [2.24, 2.45) is 5.41 Å². The van der Waals surface area contributed by atoms with Crippen LogP contribution in [0.1, 0.15) is 30.6 Å². The highest BCUT2D eigenvalue weighted by Crippen LogP contribution is 2.30. The van der Waals surface area contributed by atoms with Crippen LogP contribution in [0.25, 0.3) is 10.9 Å². The van der Waals surface area contributed by atoms with E-state index in [1.807, 2.05) is 26.0 Å². The Kier molecular flexibility index (Phi) is 5.11. The average Bonchev–Trinajstić information content (AvgIpc) is 2.79. The van der Waals surface area contributed by atoms with Gasteiger partial charge in [0.25, 0.3) is 5.91 Å². The molecule has 0 radical (unpaired) electrons. The van der Waals surface area contributed by atoms with Gasteiger partial charge in [-0.15, -0.1) is 0 Å². The van der Waals surface area contributed by atoms with Crippen LogP contribution >= 0.6 is 31.9 Å². The Morgan fingerprint density at radius 2 is 2.00 bits per heavy atom. The Bertz CT molecular complexity index is 665. The zero-order valence-electron chi connectivity index (χ0n) is 12.0. The molecular formula is C15H18Br2N2O2. The van der Waals surface area contributed by atoms with Crippen molar-refractivity contribution in [3.8, 4) is 0 Å². The fraction of sp³-hybridized carbons (Fsp3) is 0.400. The Morgan fingerprint density at radius 3 is 2.67 bits per heavy atom. The molecule has 0 spiro atoms. The van der Waals surface area contributed by atoms with E-state index in [-0.39, 0.29) is 17.9 Å². The van der Waals surface area contributed by atoms with Gasteiger partial charge in [-0.3, -0.25) is 4.79 Å². The minimum absolute atomic E-state index is 0.110. The number of hydrogen-bond acceptors (Lipinski definition) is 2. The molecule has 1 aromatic carbocycles. The highest BCUT2D eigenvalue weighted by atomic mass is 79.9. The van der Waals surface area contributed by atoms with E-state index in [0.717, 1.165) is 19.8 Å². The lowest BCUT2D eigenvalue weighted by atomic mass is 9.89. The molecule has 1 heterocycles. The number of aliphatic hydroxyl groups excluding tert-OH is 1. The molecule has 114 valence electrons. The first-order valence-corrected chi connectivity index (χ1v) is 8.28. The molecule has 21 heavy (non-hydrogen) atoms. The van der Waals surface area contributed by atoms with Gasteiger partial charge in [-0.25, -0.2) is 0 Å². The summed E-state index contributed by atoms with van der Waals surface area (Å²) in [6.45, 7) is 4.69. The van der Waals surface area contributed by atoms with Gasteiger partial charge in [0.15, 0.2) is 0 Å². The van der Waals surface area contributed by atoms with E-state index in [9.17, 15) is 4.79 Å². The van der Waals surface area contributed by atoms with Crippen molar-refractivity contribution in [2.45, 2.75) is 20.3 Å². The first kappa shape index (κ1) is 16.5. The van der Waals surface area contributed by atoms with E-state index in [1.54, 1.807) is 6.20 Å². The molecule has 6 heteroatoms. The maximum atomic E-state index is 12.3. The summed E-state index contributed by atoms with van der Waals surface area (Å²) >= 11 is 6.90. The van der Waals surface area contributed by atoms with E-state index in [4.69, 9.17) is 5.11 Å². The van der Waals surface area contributed by atoms with Crippen molar-refractivity contribution in [1.29, 1.82) is 0 Å². The fourth-order valence-electron chi connectivity index (χ4n) is 2.11. The third-order valence-corrected chi connectivity index (χ3v) is 5.33. The molecule has 1 amide bonds. The van der Waals surface area contributed by atoms with Gasteiger partial charge in [-0.05, 0) is 55.8 Å². The molecule has 1 aromatic heterocycles. The first-order chi connectivity index (χ1) is 9.84. The van der Waals surface area contributed by atoms with Gasteiger partial charge in [0.2, 0.25) is 0 Å². The second-order valence-electron chi connectivity index (χ2n) is 5.83. The molecule has 0 atom stereocenters. The standard InChI is InChI=1S/C15H18Br2N2O2/c1-15(2,3-4-20)8-19-14(21)10-7-18-13-6-12(17)11(16)5-9(10)13/h5-7,18,20H,3-4,8H2,1-2H3,(H,19,21). The summed E-state index contributed by atoms with van der Waals surface area (Å²) in [6, 6.07) is 3.86. The minimum atomic E-state index is -0.125. The van der Waals surface area contributed by atoms with Crippen molar-refractivity contribution in [3.63, 3.8) is 0 Å². The molecule has 2 aromatic rings. The van der Waals surface area contributed by atoms with Crippen molar-refractivity contribution in [3.05, 3.63) is 32.8 Å². The number of fused-ring (bicyclic) bond motifs is 1. The van der Waals surface area contributed by atoms with Gasteiger partial charge in [0.1, 0.15) is 0 Å². The number of nitrogens with one attached hydrogen (secondary N) is 2. The molecule has 0 saturated carbocycles. The van der Waals surface area contributed by atoms with Crippen molar-refractivity contribution < 1.29 is 9.90 Å². The minimum Gasteiger partial charge on any atom is -0.396 e. The highest BCUT2D eigenvalue weighted by Gasteiger charge is 2.20. The Hall–Kier alpha value is -0.850. The van der Waals surface area contributed by atoms with Gasteiger partial charge >= 0.3 is 0 Å². The van der Waals surface area contributed by atoms with Gasteiger partial charge in [0, 0.05) is 39.2 Å². The predicted molar refractivity (Wildman–Crippen MR) is 91.5 cm³/mol. The molecule has 0 bridgehead atoms. The zero-order valence-corrected chi connectivity index (χ0v) is 15.1. The smallest absolute Gasteiger partial charge is 0.253 e. The molecule has 0 unspecified atom stereocenters. The van der Waals surface area contributed by atoms with Crippen LogP contribution in [0.3, 0.4) is 0 Å². The van der Waals surface area contributed by atoms with Crippen molar-refractivity contribution in [2.75, 3.05) is 13.2 Å². The largest absolute Gasteiger partial charge is 0.396 e. The normalized spacial score (nSPS) is 11.9. The van der Waals surface area contributed by atoms with E-state index < -0.39 is 0 Å². The van der Waals surface area contributed by atoms with Crippen molar-refractivity contribution in [1.82, 2.24) is 10.3 Å². The lowest BCUT2D eigenvalue weighted by Gasteiger charge is -2.23. The zero-order chi connectivity index (χ0) is 15.6. The van der Waals surface area contributed by atoms with E-state index in [0.29, 0.717) is 18.5 Å². The number of carbonyl (C=O) groups excluding carboxylic acids is 1. The average molecular weight is 418 g/mol. The number of aromatic nitrogens is 1. The third kappa shape index (κ3) is 3.87. The number of amides is 1. The first-order valence-electron chi connectivity index (χ1n) is 6.69. The van der Waals surface area contributed by atoms with Crippen LogP contribution in [0.15, 0.2) is 27.3 Å². The van der Waals surface area contributed by atoms with Crippen LogP contribution in [0.4, 0.5) is 0 Å². The van der Waals surface area contributed by atoms with Gasteiger partial charge < -0.3 is 15.4 Å². The number of aliphatic hydroxyl groups is 1. The van der Waals surface area contributed by atoms with Crippen LogP contribution in [-0.2, 0) is 0 Å². The van der Waals surface area contributed by atoms with Crippen LogP contribution < -0.4 is 5.32 Å². The summed E-state index contributed by atoms with van der Waals surface area (Å²) in [5, 5.41) is 12.8. The molecule has 0 aliphatic carbocycles. The van der Waals surface area contributed by atoms with Crippen LogP contribution in [0.5, 0.6) is 0 Å². The number of H-pyrrole nitrogens is 1. The second-order valence-corrected chi connectivity index (χ2v) is 7.54. The summed E-state index contributed by atoms with van der Waals surface area (Å²) in [5.74, 6) is -0.110. The molecule has 4 nitrogen and oxygen atoms in total. The Balaban J connectivity index is 2.18. The molecule has 0 saturated heterocycles. The second kappa shape index (κ2) is 6.50. The van der Waals surface area contributed by atoms with Gasteiger partial charge in [-0.1, -0.05) is 13.8 Å². The maximum absolute atomic E-state index is 12.3. The predicted octanol–water partition coefficient (Wildman–Crippen LogP) is 3.83. The summed E-state index contributed by atoms with van der Waals surface area (Å²) in [4.78, 5) is 15.5. The number of rotatable bonds is 5. The maximum Gasteiger partial charge on any atom is 0.253 e. The van der Waals surface area contributed by atoms with Crippen LogP contribution in [-0.4, -0.2) is 29.1 Å². The number of hydrogen-bond donors (Lipinski definition) is 3. The van der Waals surface area contributed by atoms with Gasteiger partial charge in [0.05, 0.1) is 5.56 Å². The lowest BCUT2D eigenvalue weighted by Crippen LogP contribution is -2.34. The number of benzene rings is 1. The lowest BCUT2D eigenvalue weighted by molar-refractivity contribution is 0.0930. The molecule has 3 N–H and O–H groups in total. The summed E-state index contributed by atoms with van der Waals surface area (Å²) in [6.07, 6.45) is 2.37. The molecular weight excluding hydrogens is 400 g/mol. The number of aromatic amines is 1.